The number of aliphatic hydroxyl groups is 1. The van der Waals surface area contributed by atoms with Gasteiger partial charge < -0.3 is 10.4 Å². The molecule has 0 aromatic carbocycles. The Hall–Kier alpha value is -0.0800. The second-order valence-corrected chi connectivity index (χ2v) is 3.11. The van der Waals surface area contributed by atoms with Crippen molar-refractivity contribution in [2.45, 2.75) is 44.7 Å². The average Bonchev–Trinajstić information content (AvgIpc) is 2.37. The Morgan fingerprint density at radius 1 is 1.40 bits per heavy atom. The first-order valence-electron chi connectivity index (χ1n) is 4.23. The van der Waals surface area contributed by atoms with E-state index in [1.807, 2.05) is 0 Å². The summed E-state index contributed by atoms with van der Waals surface area (Å²) >= 11 is 0. The topological polar surface area (TPSA) is 32.3 Å². The zero-order chi connectivity index (χ0) is 7.40. The predicted molar refractivity (Wildman–Crippen MR) is 41.9 cm³/mol. The van der Waals surface area contributed by atoms with E-state index in [0.717, 1.165) is 6.42 Å². The van der Waals surface area contributed by atoms with Crippen LogP contribution in [-0.4, -0.2) is 23.8 Å². The highest BCUT2D eigenvalue weighted by molar-refractivity contribution is 4.82. The molecule has 1 saturated heterocycles. The van der Waals surface area contributed by atoms with Gasteiger partial charge in [0.05, 0.1) is 6.61 Å². The first-order chi connectivity index (χ1) is 4.86. The van der Waals surface area contributed by atoms with E-state index in [4.69, 9.17) is 5.11 Å². The Morgan fingerprint density at radius 2 is 2.10 bits per heavy atom. The number of hydrogen-bond donors (Lipinski definition) is 2. The monoisotopic (exact) mass is 143 g/mol. The minimum atomic E-state index is 0.306. The van der Waals surface area contributed by atoms with Crippen LogP contribution in [0.5, 0.6) is 0 Å². The number of nitrogens with one attached hydrogen (secondary N) is 1. The molecule has 60 valence electrons. The lowest BCUT2D eigenvalue weighted by Gasteiger charge is -2.10. The molecule has 2 atom stereocenters. The van der Waals surface area contributed by atoms with Crippen molar-refractivity contribution in [1.29, 1.82) is 0 Å². The van der Waals surface area contributed by atoms with Gasteiger partial charge in [0, 0.05) is 12.1 Å². The van der Waals surface area contributed by atoms with Gasteiger partial charge in [-0.05, 0) is 19.3 Å². The maximum atomic E-state index is 8.79. The molecule has 10 heavy (non-hydrogen) atoms. The molecule has 0 saturated carbocycles. The van der Waals surface area contributed by atoms with Crippen molar-refractivity contribution >= 4 is 0 Å². The van der Waals surface area contributed by atoms with Gasteiger partial charge >= 0.3 is 0 Å². The van der Waals surface area contributed by atoms with Crippen molar-refractivity contribution in [3.8, 4) is 0 Å². The Labute approximate surface area is 62.6 Å². The van der Waals surface area contributed by atoms with E-state index in [9.17, 15) is 0 Å². The zero-order valence-corrected chi connectivity index (χ0v) is 6.64. The SMILES string of the molecule is CCC[C@H]1CC[C@H](CO)N1. The molecule has 2 heteroatoms. The molecule has 0 unspecified atom stereocenters. The third kappa shape index (κ3) is 1.96. The van der Waals surface area contributed by atoms with Gasteiger partial charge in [0.1, 0.15) is 0 Å². The highest BCUT2D eigenvalue weighted by atomic mass is 16.3. The molecule has 0 aromatic heterocycles. The summed E-state index contributed by atoms with van der Waals surface area (Å²) in [5.41, 5.74) is 0. The summed E-state index contributed by atoms with van der Waals surface area (Å²) in [4.78, 5) is 0. The summed E-state index contributed by atoms with van der Waals surface area (Å²) in [5, 5.41) is 12.2. The molecule has 1 aliphatic rings. The van der Waals surface area contributed by atoms with Crippen molar-refractivity contribution in [2.75, 3.05) is 6.61 Å². The number of hydrogen-bond acceptors (Lipinski definition) is 2. The molecular weight excluding hydrogens is 126 g/mol. The minimum absolute atomic E-state index is 0.306. The van der Waals surface area contributed by atoms with Crippen molar-refractivity contribution in [3.05, 3.63) is 0 Å². The van der Waals surface area contributed by atoms with E-state index in [2.05, 4.69) is 12.2 Å². The third-order valence-corrected chi connectivity index (χ3v) is 2.19. The number of rotatable bonds is 3. The fraction of sp³-hybridized carbons (Fsp3) is 1.00. The van der Waals surface area contributed by atoms with Crippen LogP contribution in [0.1, 0.15) is 32.6 Å². The molecule has 1 fully saturated rings. The molecule has 1 heterocycles. The Morgan fingerprint density at radius 3 is 2.60 bits per heavy atom. The van der Waals surface area contributed by atoms with Gasteiger partial charge in [0.15, 0.2) is 0 Å². The van der Waals surface area contributed by atoms with Gasteiger partial charge in [-0.25, -0.2) is 0 Å². The minimum Gasteiger partial charge on any atom is -0.395 e. The Kier molecular flexibility index (Phi) is 3.16. The van der Waals surface area contributed by atoms with Crippen LogP contribution in [0, 0.1) is 0 Å². The van der Waals surface area contributed by atoms with E-state index in [1.54, 1.807) is 0 Å². The van der Waals surface area contributed by atoms with E-state index >= 15 is 0 Å². The van der Waals surface area contributed by atoms with Crippen molar-refractivity contribution in [3.63, 3.8) is 0 Å². The van der Waals surface area contributed by atoms with Crippen LogP contribution < -0.4 is 5.32 Å². The van der Waals surface area contributed by atoms with Crippen LogP contribution in [0.2, 0.25) is 0 Å². The smallest absolute Gasteiger partial charge is 0.0584 e. The van der Waals surface area contributed by atoms with Crippen LogP contribution >= 0.6 is 0 Å². The van der Waals surface area contributed by atoms with Gasteiger partial charge in [-0.1, -0.05) is 13.3 Å². The van der Waals surface area contributed by atoms with E-state index in [0.29, 0.717) is 18.7 Å². The first kappa shape index (κ1) is 8.02. The molecule has 2 N–H and O–H groups in total. The summed E-state index contributed by atoms with van der Waals surface area (Å²) in [6, 6.07) is 1.07. The summed E-state index contributed by atoms with van der Waals surface area (Å²) in [5.74, 6) is 0. The summed E-state index contributed by atoms with van der Waals surface area (Å²) in [6.07, 6.45) is 4.91. The van der Waals surface area contributed by atoms with Gasteiger partial charge in [0.25, 0.3) is 0 Å². The molecule has 0 bridgehead atoms. The van der Waals surface area contributed by atoms with Gasteiger partial charge in [-0.3, -0.25) is 0 Å². The zero-order valence-electron chi connectivity index (χ0n) is 6.64. The summed E-state index contributed by atoms with van der Waals surface area (Å²) < 4.78 is 0. The van der Waals surface area contributed by atoms with Gasteiger partial charge in [0.2, 0.25) is 0 Å². The van der Waals surface area contributed by atoms with Crippen LogP contribution in [0.25, 0.3) is 0 Å². The van der Waals surface area contributed by atoms with Crippen LogP contribution in [0.15, 0.2) is 0 Å². The molecule has 0 amide bonds. The van der Waals surface area contributed by atoms with E-state index in [1.165, 1.54) is 19.3 Å². The second kappa shape index (κ2) is 3.94. The second-order valence-electron chi connectivity index (χ2n) is 3.11. The summed E-state index contributed by atoms with van der Waals surface area (Å²) in [7, 11) is 0. The molecule has 0 aliphatic carbocycles. The highest BCUT2D eigenvalue weighted by Crippen LogP contribution is 2.15. The van der Waals surface area contributed by atoms with Gasteiger partial charge in [-0.15, -0.1) is 0 Å². The molecule has 2 nitrogen and oxygen atoms in total. The van der Waals surface area contributed by atoms with E-state index < -0.39 is 0 Å². The van der Waals surface area contributed by atoms with E-state index in [-0.39, 0.29) is 0 Å². The van der Waals surface area contributed by atoms with Crippen LogP contribution in [0.4, 0.5) is 0 Å². The maximum absolute atomic E-state index is 8.79. The number of aliphatic hydroxyl groups excluding tert-OH is 1. The molecule has 1 rings (SSSR count). The fourth-order valence-electron chi connectivity index (χ4n) is 1.62. The standard InChI is InChI=1S/C8H17NO/c1-2-3-7-4-5-8(6-10)9-7/h7-10H,2-6H2,1H3/t7-,8+/m0/s1. The van der Waals surface area contributed by atoms with Crippen molar-refractivity contribution < 1.29 is 5.11 Å². The lowest BCUT2D eigenvalue weighted by atomic mass is 10.1. The Bertz CT molecular complexity index is 95.3. The molecule has 0 aromatic rings. The normalized spacial score (nSPS) is 33.0. The molecule has 0 radical (unpaired) electrons. The molecular formula is C8H17NO. The molecule has 0 spiro atoms. The Balaban J connectivity index is 2.15. The van der Waals surface area contributed by atoms with Gasteiger partial charge in [-0.2, -0.15) is 0 Å². The van der Waals surface area contributed by atoms with Crippen molar-refractivity contribution in [2.24, 2.45) is 0 Å². The summed E-state index contributed by atoms with van der Waals surface area (Å²) in [6.45, 7) is 2.51. The largest absolute Gasteiger partial charge is 0.395 e. The third-order valence-electron chi connectivity index (χ3n) is 2.19. The predicted octanol–water partition coefficient (Wildman–Crippen LogP) is 0.899. The van der Waals surface area contributed by atoms with Crippen molar-refractivity contribution in [1.82, 2.24) is 5.32 Å². The van der Waals surface area contributed by atoms with Crippen LogP contribution in [0.3, 0.4) is 0 Å². The lowest BCUT2D eigenvalue weighted by Crippen LogP contribution is -2.31. The lowest BCUT2D eigenvalue weighted by molar-refractivity contribution is 0.251. The van der Waals surface area contributed by atoms with Crippen LogP contribution in [-0.2, 0) is 0 Å². The maximum Gasteiger partial charge on any atom is 0.0584 e. The first-order valence-corrected chi connectivity index (χ1v) is 4.23. The quantitative estimate of drug-likeness (QED) is 0.615. The average molecular weight is 143 g/mol. The molecule has 1 aliphatic heterocycles. The fourth-order valence-corrected chi connectivity index (χ4v) is 1.62. The highest BCUT2D eigenvalue weighted by Gasteiger charge is 2.21.